The number of nitro benzene ring substituents is 1. The Kier molecular flexibility index (Phi) is 7.66. The molecule has 1 N–H and O–H groups in total. The van der Waals surface area contributed by atoms with E-state index < -0.39 is 16.8 Å². The first kappa shape index (κ1) is 22.6. The number of halogens is 1. The molecule has 0 saturated heterocycles. The molecule has 154 valence electrons. The van der Waals surface area contributed by atoms with Gasteiger partial charge in [-0.05, 0) is 52.7 Å². The Morgan fingerprint density at radius 3 is 2.57 bits per heavy atom. The summed E-state index contributed by atoms with van der Waals surface area (Å²) in [6.45, 7) is 3.34. The molecule has 2 aromatic rings. The molecule has 0 saturated carbocycles. The van der Waals surface area contributed by atoms with Gasteiger partial charge in [0, 0.05) is 23.5 Å². The van der Waals surface area contributed by atoms with Crippen molar-refractivity contribution in [3.05, 3.63) is 62.1 Å². The highest BCUT2D eigenvalue weighted by molar-refractivity contribution is 9.10. The number of carbonyl (C=O) groups is 2. The number of ether oxygens (including phenoxy) is 2. The fourth-order valence-electron chi connectivity index (χ4n) is 2.35. The molecular weight excluding hydrogens is 458 g/mol. The van der Waals surface area contributed by atoms with E-state index in [1.807, 2.05) is 6.07 Å². The van der Waals surface area contributed by atoms with Crippen LogP contribution in [-0.2, 0) is 9.59 Å². The number of nitrogens with zero attached hydrogens (tertiary/aromatic N) is 2. The number of benzene rings is 2. The lowest BCUT2D eigenvalue weighted by atomic mass is 10.1. The second-order valence-electron chi connectivity index (χ2n) is 5.78. The maximum atomic E-state index is 12.5. The molecule has 0 aliphatic rings. The third-order valence-corrected chi connectivity index (χ3v) is 4.27. The molecule has 1 amide bonds. The maximum Gasteiger partial charge on any atom is 0.308 e. The van der Waals surface area contributed by atoms with Crippen LogP contribution >= 0.6 is 15.9 Å². The largest absolute Gasteiger partial charge is 0.490 e. The molecule has 0 fully saturated rings. The van der Waals surface area contributed by atoms with Crippen molar-refractivity contribution in [2.24, 2.45) is 0 Å². The summed E-state index contributed by atoms with van der Waals surface area (Å²) in [5.41, 5.74) is 0.394. The van der Waals surface area contributed by atoms with Crippen LogP contribution in [0.15, 0.2) is 46.4 Å². The van der Waals surface area contributed by atoms with Gasteiger partial charge in [0.15, 0.2) is 11.5 Å². The van der Waals surface area contributed by atoms with E-state index in [1.54, 1.807) is 13.0 Å². The lowest BCUT2D eigenvalue weighted by molar-refractivity contribution is -0.384. The molecule has 0 unspecified atom stereocenters. The smallest absolute Gasteiger partial charge is 0.308 e. The quantitative estimate of drug-likeness (QED) is 0.159. The molecule has 0 heterocycles. The third-order valence-electron chi connectivity index (χ3n) is 3.61. The number of rotatable bonds is 7. The lowest BCUT2D eigenvalue weighted by Crippen LogP contribution is -2.14. The number of anilines is 1. The van der Waals surface area contributed by atoms with Gasteiger partial charge < -0.3 is 14.8 Å². The summed E-state index contributed by atoms with van der Waals surface area (Å²) in [5.74, 6) is -0.699. The van der Waals surface area contributed by atoms with Gasteiger partial charge in [-0.1, -0.05) is 6.07 Å². The number of non-ortho nitro benzene ring substituents is 1. The Hall–Kier alpha value is -3.71. The summed E-state index contributed by atoms with van der Waals surface area (Å²) in [4.78, 5) is 33.9. The van der Waals surface area contributed by atoms with E-state index in [9.17, 15) is 25.0 Å². The van der Waals surface area contributed by atoms with Gasteiger partial charge in [-0.2, -0.15) is 5.26 Å². The van der Waals surface area contributed by atoms with Crippen LogP contribution in [0.3, 0.4) is 0 Å². The minimum atomic E-state index is -0.700. The van der Waals surface area contributed by atoms with E-state index in [2.05, 4.69) is 21.2 Å². The van der Waals surface area contributed by atoms with Gasteiger partial charge in [0.25, 0.3) is 11.6 Å². The molecule has 9 nitrogen and oxygen atoms in total. The van der Waals surface area contributed by atoms with Crippen molar-refractivity contribution in [3.63, 3.8) is 0 Å². The van der Waals surface area contributed by atoms with Crippen LogP contribution < -0.4 is 14.8 Å². The minimum absolute atomic E-state index is 0.146. The molecule has 0 spiro atoms. The highest BCUT2D eigenvalue weighted by atomic mass is 79.9. The number of nitro groups is 1. The van der Waals surface area contributed by atoms with E-state index in [4.69, 9.17) is 9.47 Å². The van der Waals surface area contributed by atoms with Crippen LogP contribution in [0.25, 0.3) is 6.08 Å². The maximum absolute atomic E-state index is 12.5. The van der Waals surface area contributed by atoms with Crippen molar-refractivity contribution in [2.45, 2.75) is 13.8 Å². The van der Waals surface area contributed by atoms with Crippen molar-refractivity contribution in [3.8, 4) is 17.6 Å². The molecule has 0 bridgehead atoms. The number of nitriles is 1. The molecule has 2 aromatic carbocycles. The van der Waals surface area contributed by atoms with E-state index in [1.165, 1.54) is 43.3 Å². The molecule has 30 heavy (non-hydrogen) atoms. The zero-order chi connectivity index (χ0) is 22.3. The molecule has 0 aliphatic carbocycles. The summed E-state index contributed by atoms with van der Waals surface area (Å²) in [6.07, 6.45) is 1.34. The average Bonchev–Trinajstić information content (AvgIpc) is 2.69. The molecule has 0 aliphatic heterocycles. The second-order valence-corrected chi connectivity index (χ2v) is 6.63. The van der Waals surface area contributed by atoms with Gasteiger partial charge in [-0.25, -0.2) is 0 Å². The number of esters is 1. The summed E-state index contributed by atoms with van der Waals surface area (Å²) in [6, 6.07) is 10.2. The molecule has 2 rings (SSSR count). The number of hydrogen-bond donors (Lipinski definition) is 1. The Balaban J connectivity index is 2.29. The fraction of sp³-hybridized carbons (Fsp3) is 0.150. The number of amides is 1. The topological polar surface area (TPSA) is 132 Å². The first-order chi connectivity index (χ1) is 14.2. The summed E-state index contributed by atoms with van der Waals surface area (Å²) in [5, 5.41) is 22.7. The molecule has 0 atom stereocenters. The third kappa shape index (κ3) is 5.89. The van der Waals surface area contributed by atoms with E-state index >= 15 is 0 Å². The normalized spacial score (nSPS) is 10.7. The van der Waals surface area contributed by atoms with E-state index in [0.29, 0.717) is 16.6 Å². The van der Waals surface area contributed by atoms with Crippen LogP contribution in [0, 0.1) is 21.4 Å². The minimum Gasteiger partial charge on any atom is -0.490 e. The molecular formula is C20H16BrN3O6. The Labute approximate surface area is 180 Å². The summed E-state index contributed by atoms with van der Waals surface area (Å²) >= 11 is 3.16. The Bertz CT molecular complexity index is 1070. The zero-order valence-electron chi connectivity index (χ0n) is 16.0. The van der Waals surface area contributed by atoms with Gasteiger partial charge in [-0.15, -0.1) is 0 Å². The molecule has 10 heteroatoms. The van der Waals surface area contributed by atoms with Crippen LogP contribution in [0.4, 0.5) is 11.4 Å². The zero-order valence-corrected chi connectivity index (χ0v) is 17.6. The number of nitrogens with one attached hydrogen (secondary N) is 1. The number of hydrogen-bond acceptors (Lipinski definition) is 7. The van der Waals surface area contributed by atoms with Crippen molar-refractivity contribution >= 4 is 45.3 Å². The monoisotopic (exact) mass is 473 g/mol. The predicted octanol–water partition coefficient (Wildman–Crippen LogP) is 4.23. The lowest BCUT2D eigenvalue weighted by Gasteiger charge is -2.10. The van der Waals surface area contributed by atoms with E-state index in [-0.39, 0.29) is 28.4 Å². The van der Waals surface area contributed by atoms with Crippen LogP contribution in [0.1, 0.15) is 19.4 Å². The van der Waals surface area contributed by atoms with Crippen molar-refractivity contribution < 1.29 is 24.0 Å². The van der Waals surface area contributed by atoms with Gasteiger partial charge in [0.05, 0.1) is 17.2 Å². The first-order valence-corrected chi connectivity index (χ1v) is 9.36. The molecule has 0 radical (unpaired) electrons. The summed E-state index contributed by atoms with van der Waals surface area (Å²) < 4.78 is 10.8. The second kappa shape index (κ2) is 10.2. The van der Waals surface area contributed by atoms with Gasteiger partial charge in [0.1, 0.15) is 11.6 Å². The fourth-order valence-corrected chi connectivity index (χ4v) is 2.81. The first-order valence-electron chi connectivity index (χ1n) is 8.57. The van der Waals surface area contributed by atoms with E-state index in [0.717, 1.165) is 0 Å². The van der Waals surface area contributed by atoms with Crippen molar-refractivity contribution in [1.82, 2.24) is 0 Å². The average molecular weight is 474 g/mol. The van der Waals surface area contributed by atoms with Crippen LogP contribution in [0.5, 0.6) is 11.5 Å². The Morgan fingerprint density at radius 2 is 2.00 bits per heavy atom. The van der Waals surface area contributed by atoms with Crippen molar-refractivity contribution in [1.29, 1.82) is 5.26 Å². The van der Waals surface area contributed by atoms with Crippen LogP contribution in [-0.4, -0.2) is 23.4 Å². The molecule has 0 aromatic heterocycles. The SMILES string of the molecule is CCOc1cc(C=C(C#N)C(=O)Nc2ccc([N+](=O)[O-])cc2Br)ccc1OC(C)=O. The van der Waals surface area contributed by atoms with Gasteiger partial charge >= 0.3 is 5.97 Å². The highest BCUT2D eigenvalue weighted by Gasteiger charge is 2.15. The van der Waals surface area contributed by atoms with Crippen molar-refractivity contribution in [2.75, 3.05) is 11.9 Å². The predicted molar refractivity (Wildman–Crippen MR) is 112 cm³/mol. The highest BCUT2D eigenvalue weighted by Crippen LogP contribution is 2.30. The standard InChI is InChI=1S/C20H16BrN3O6/c1-3-29-19-9-13(4-7-18(19)30-12(2)25)8-14(11-22)20(26)23-17-6-5-15(24(27)28)10-16(17)21/h4-10H,3H2,1-2H3,(H,23,26). The Morgan fingerprint density at radius 1 is 1.27 bits per heavy atom. The van der Waals surface area contributed by atoms with Gasteiger partial charge in [-0.3, -0.25) is 19.7 Å². The summed E-state index contributed by atoms with van der Waals surface area (Å²) in [7, 11) is 0. The number of carbonyl (C=O) groups excluding carboxylic acids is 2. The van der Waals surface area contributed by atoms with Crippen LogP contribution in [0.2, 0.25) is 0 Å². The van der Waals surface area contributed by atoms with Gasteiger partial charge in [0.2, 0.25) is 0 Å².